The van der Waals surface area contributed by atoms with Crippen molar-refractivity contribution in [1.82, 2.24) is 0 Å². The zero-order valence-corrected chi connectivity index (χ0v) is 9.11. The third kappa shape index (κ3) is 2.69. The van der Waals surface area contributed by atoms with Gasteiger partial charge < -0.3 is 20.3 Å². The largest absolute Gasteiger partial charge is 0.506 e. The lowest BCUT2D eigenvalue weighted by Crippen LogP contribution is -2.13. The summed E-state index contributed by atoms with van der Waals surface area (Å²) < 4.78 is 9.63. The van der Waals surface area contributed by atoms with Crippen LogP contribution in [0.5, 0.6) is 11.5 Å². The Hall–Kier alpha value is -2.11. The highest BCUT2D eigenvalue weighted by Crippen LogP contribution is 2.33. The van der Waals surface area contributed by atoms with Gasteiger partial charge in [-0.1, -0.05) is 0 Å². The summed E-state index contributed by atoms with van der Waals surface area (Å²) in [5, 5.41) is 11.9. The van der Waals surface area contributed by atoms with E-state index in [0.717, 1.165) is 0 Å². The molecule has 0 radical (unpaired) electrons. The second-order valence-electron chi connectivity index (χ2n) is 2.96. The average molecular weight is 226 g/mol. The maximum atomic E-state index is 11.1. The molecule has 0 saturated carbocycles. The molecule has 0 heterocycles. The molecule has 1 rings (SSSR count). The monoisotopic (exact) mass is 226 g/mol. The van der Waals surface area contributed by atoms with Crippen LogP contribution < -0.4 is 15.8 Å². The Morgan fingerprint density at radius 3 is 2.81 bits per heavy atom. The quantitative estimate of drug-likeness (QED) is 0.537. The number of methoxy groups -OCH3 is 1. The minimum atomic E-state index is -0.648. The second-order valence-corrected chi connectivity index (χ2v) is 2.96. The van der Waals surface area contributed by atoms with Gasteiger partial charge >= 0.3 is 6.09 Å². The predicted molar refractivity (Wildman–Crippen MR) is 59.7 cm³/mol. The maximum Gasteiger partial charge on any atom is 0.411 e. The number of carbonyl (C=O) groups is 1. The summed E-state index contributed by atoms with van der Waals surface area (Å²) in [6.07, 6.45) is -0.648. The van der Waals surface area contributed by atoms with E-state index in [-0.39, 0.29) is 23.7 Å². The first-order valence-electron chi connectivity index (χ1n) is 4.68. The Morgan fingerprint density at radius 2 is 2.25 bits per heavy atom. The lowest BCUT2D eigenvalue weighted by Gasteiger charge is -2.10. The van der Waals surface area contributed by atoms with Gasteiger partial charge in [0.2, 0.25) is 0 Å². The molecule has 1 aromatic rings. The molecule has 0 saturated heterocycles. The molecular formula is C10H14N2O4. The molecule has 0 aliphatic heterocycles. The summed E-state index contributed by atoms with van der Waals surface area (Å²) in [4.78, 5) is 11.1. The fourth-order valence-electron chi connectivity index (χ4n) is 1.14. The highest BCUT2D eigenvalue weighted by Gasteiger charge is 2.10. The number of nitrogens with two attached hydrogens (primary N) is 1. The molecule has 16 heavy (non-hydrogen) atoms. The Kier molecular flexibility index (Phi) is 3.82. The fourth-order valence-corrected chi connectivity index (χ4v) is 1.14. The second kappa shape index (κ2) is 5.11. The van der Waals surface area contributed by atoms with Gasteiger partial charge in [0.15, 0.2) is 0 Å². The number of carbonyl (C=O) groups excluding carboxylic acids is 1. The number of rotatable bonds is 3. The number of hydrogen-bond acceptors (Lipinski definition) is 5. The van der Waals surface area contributed by atoms with Crippen LogP contribution in [0.1, 0.15) is 6.92 Å². The molecule has 0 bridgehead atoms. The summed E-state index contributed by atoms with van der Waals surface area (Å²) in [6, 6.07) is 2.71. The number of phenolic OH excluding ortho intramolecular Hbond substituents is 1. The molecule has 0 aromatic heterocycles. The SMILES string of the molecule is CCOC(=O)Nc1cc(OC)c(N)cc1O. The van der Waals surface area contributed by atoms with Crippen LogP contribution >= 0.6 is 0 Å². The zero-order valence-electron chi connectivity index (χ0n) is 9.11. The summed E-state index contributed by atoms with van der Waals surface area (Å²) >= 11 is 0. The Morgan fingerprint density at radius 1 is 1.56 bits per heavy atom. The van der Waals surface area contributed by atoms with Crippen molar-refractivity contribution in [2.24, 2.45) is 0 Å². The van der Waals surface area contributed by atoms with Gasteiger partial charge in [-0.15, -0.1) is 0 Å². The van der Waals surface area contributed by atoms with Crippen molar-refractivity contribution in [3.63, 3.8) is 0 Å². The van der Waals surface area contributed by atoms with Crippen LogP contribution in [0.25, 0.3) is 0 Å². The van der Waals surface area contributed by atoms with Crippen LogP contribution in [0.2, 0.25) is 0 Å². The lowest BCUT2D eigenvalue weighted by atomic mass is 10.2. The van der Waals surface area contributed by atoms with Crippen molar-refractivity contribution >= 4 is 17.5 Å². The number of hydrogen-bond donors (Lipinski definition) is 3. The lowest BCUT2D eigenvalue weighted by molar-refractivity contribution is 0.168. The molecule has 1 amide bonds. The first-order valence-corrected chi connectivity index (χ1v) is 4.68. The van der Waals surface area contributed by atoms with Crippen molar-refractivity contribution in [1.29, 1.82) is 0 Å². The number of aromatic hydroxyl groups is 1. The minimum Gasteiger partial charge on any atom is -0.506 e. The Bertz CT molecular complexity index is 393. The third-order valence-corrected chi connectivity index (χ3v) is 1.86. The van der Waals surface area contributed by atoms with Gasteiger partial charge in [-0.3, -0.25) is 5.32 Å². The molecule has 1 aromatic carbocycles. The van der Waals surface area contributed by atoms with E-state index in [1.54, 1.807) is 6.92 Å². The van der Waals surface area contributed by atoms with Crippen molar-refractivity contribution in [2.75, 3.05) is 24.8 Å². The van der Waals surface area contributed by atoms with Crippen molar-refractivity contribution in [2.45, 2.75) is 6.92 Å². The van der Waals surface area contributed by atoms with E-state index in [2.05, 4.69) is 10.1 Å². The standard InChI is InChI=1S/C10H14N2O4/c1-3-16-10(14)12-7-5-9(15-2)6(11)4-8(7)13/h4-5,13H,3,11H2,1-2H3,(H,12,14). The van der Waals surface area contributed by atoms with E-state index in [9.17, 15) is 9.90 Å². The number of amides is 1. The van der Waals surface area contributed by atoms with E-state index in [1.807, 2.05) is 0 Å². The first kappa shape index (κ1) is 12.0. The Labute approximate surface area is 93.0 Å². The minimum absolute atomic E-state index is 0.147. The molecule has 0 atom stereocenters. The van der Waals surface area contributed by atoms with Crippen LogP contribution in [0.3, 0.4) is 0 Å². The normalized spacial score (nSPS) is 9.62. The molecule has 0 fully saturated rings. The van der Waals surface area contributed by atoms with E-state index in [0.29, 0.717) is 5.75 Å². The zero-order chi connectivity index (χ0) is 12.1. The molecule has 0 aliphatic carbocycles. The smallest absolute Gasteiger partial charge is 0.411 e. The molecule has 0 unspecified atom stereocenters. The molecular weight excluding hydrogens is 212 g/mol. The number of phenols is 1. The molecule has 6 heteroatoms. The number of nitrogens with one attached hydrogen (secondary N) is 1. The molecule has 4 N–H and O–H groups in total. The van der Waals surface area contributed by atoms with Crippen LogP contribution in [0, 0.1) is 0 Å². The maximum absolute atomic E-state index is 11.1. The van der Waals surface area contributed by atoms with Crippen LogP contribution in [0.4, 0.5) is 16.2 Å². The third-order valence-electron chi connectivity index (χ3n) is 1.86. The van der Waals surface area contributed by atoms with Gasteiger partial charge in [0.05, 0.1) is 25.1 Å². The highest BCUT2D eigenvalue weighted by atomic mass is 16.5. The number of anilines is 2. The van der Waals surface area contributed by atoms with E-state index in [4.69, 9.17) is 10.5 Å². The summed E-state index contributed by atoms with van der Waals surface area (Å²) in [7, 11) is 1.44. The first-order chi connectivity index (χ1) is 7.58. The van der Waals surface area contributed by atoms with Gasteiger partial charge in [-0.05, 0) is 6.92 Å². The number of benzene rings is 1. The summed E-state index contributed by atoms with van der Waals surface area (Å²) in [5.74, 6) is 0.218. The van der Waals surface area contributed by atoms with Gasteiger partial charge in [0.25, 0.3) is 0 Å². The highest BCUT2D eigenvalue weighted by molar-refractivity contribution is 5.88. The predicted octanol–water partition coefficient (Wildman–Crippen LogP) is 1.55. The van der Waals surface area contributed by atoms with Gasteiger partial charge in [0, 0.05) is 12.1 Å². The van der Waals surface area contributed by atoms with Crippen molar-refractivity contribution in [3.05, 3.63) is 12.1 Å². The van der Waals surface area contributed by atoms with E-state index < -0.39 is 6.09 Å². The van der Waals surface area contributed by atoms with Gasteiger partial charge in [-0.25, -0.2) is 4.79 Å². The van der Waals surface area contributed by atoms with Crippen LogP contribution in [-0.4, -0.2) is 24.9 Å². The molecule has 6 nitrogen and oxygen atoms in total. The summed E-state index contributed by atoms with van der Waals surface area (Å²) in [6.45, 7) is 1.93. The molecule has 0 spiro atoms. The fraction of sp³-hybridized carbons (Fsp3) is 0.300. The summed E-state index contributed by atoms with van der Waals surface area (Å²) in [5.41, 5.74) is 6.03. The van der Waals surface area contributed by atoms with Gasteiger partial charge in [0.1, 0.15) is 11.5 Å². The van der Waals surface area contributed by atoms with Gasteiger partial charge in [-0.2, -0.15) is 0 Å². The van der Waals surface area contributed by atoms with Crippen molar-refractivity contribution in [3.8, 4) is 11.5 Å². The van der Waals surface area contributed by atoms with E-state index in [1.165, 1.54) is 19.2 Å². The molecule has 0 aliphatic rings. The van der Waals surface area contributed by atoms with Crippen LogP contribution in [0.15, 0.2) is 12.1 Å². The van der Waals surface area contributed by atoms with Crippen molar-refractivity contribution < 1.29 is 19.4 Å². The number of ether oxygens (including phenoxy) is 2. The van der Waals surface area contributed by atoms with E-state index >= 15 is 0 Å². The average Bonchev–Trinajstić information content (AvgIpc) is 2.22. The van der Waals surface area contributed by atoms with Crippen LogP contribution in [-0.2, 0) is 4.74 Å². The Balaban J connectivity index is 2.91. The number of nitrogen functional groups attached to an aromatic ring is 1. The topological polar surface area (TPSA) is 93.8 Å². The molecule has 88 valence electrons.